The van der Waals surface area contributed by atoms with Crippen molar-refractivity contribution in [3.8, 4) is 0 Å². The fraction of sp³-hybridized carbons (Fsp3) is 0.974. The van der Waals surface area contributed by atoms with Gasteiger partial charge in [0.25, 0.3) is 0 Å². The van der Waals surface area contributed by atoms with Crippen LogP contribution < -0.4 is 5.32 Å². The minimum atomic E-state index is -0.262. The van der Waals surface area contributed by atoms with Gasteiger partial charge >= 0.3 is 6.09 Å². The molecule has 0 saturated heterocycles. The van der Waals surface area contributed by atoms with E-state index < -0.39 is 0 Å². The van der Waals surface area contributed by atoms with E-state index in [1.54, 1.807) is 7.11 Å². The molecule has 0 unspecified atom stereocenters. The van der Waals surface area contributed by atoms with Gasteiger partial charge in [-0.15, -0.1) is 0 Å². The Morgan fingerprint density at radius 2 is 1.00 bits per heavy atom. The fourth-order valence-electron chi connectivity index (χ4n) is 5.88. The molecule has 5 nitrogen and oxygen atoms in total. The monoisotopic (exact) mass is 626 g/mol. The summed E-state index contributed by atoms with van der Waals surface area (Å²) in [6.45, 7) is 14.8. The fourth-order valence-corrected chi connectivity index (χ4v) is 5.88. The second-order valence-electron chi connectivity index (χ2n) is 14.7. The highest BCUT2D eigenvalue weighted by Gasteiger charge is 2.22. The molecule has 0 aliphatic carbocycles. The number of amides is 1. The lowest BCUT2D eigenvalue weighted by molar-refractivity contribution is -0.0630. The average Bonchev–Trinajstić information content (AvgIpc) is 2.99. The molecule has 0 aromatic heterocycles. The molecule has 0 aliphatic heterocycles. The first-order valence-corrected chi connectivity index (χ1v) is 19.3. The third-order valence-electron chi connectivity index (χ3n) is 9.37. The minimum absolute atomic E-state index is 0.170. The van der Waals surface area contributed by atoms with Gasteiger partial charge in [-0.3, -0.25) is 0 Å². The Kier molecular flexibility index (Phi) is 29.0. The molecule has 0 rings (SSSR count). The van der Waals surface area contributed by atoms with Crippen molar-refractivity contribution in [2.75, 3.05) is 26.9 Å². The van der Waals surface area contributed by atoms with Crippen molar-refractivity contribution in [3.05, 3.63) is 0 Å². The van der Waals surface area contributed by atoms with Crippen LogP contribution in [0.25, 0.3) is 0 Å². The highest BCUT2D eigenvalue weighted by Crippen LogP contribution is 2.21. The predicted molar refractivity (Wildman–Crippen MR) is 191 cm³/mol. The second kappa shape index (κ2) is 29.6. The smallest absolute Gasteiger partial charge is 0.407 e. The van der Waals surface area contributed by atoms with Crippen LogP contribution in [0, 0.1) is 5.92 Å². The number of nitrogens with one attached hydrogen (secondary N) is 1. The summed E-state index contributed by atoms with van der Waals surface area (Å²) < 4.78 is 17.1. The lowest BCUT2D eigenvalue weighted by Crippen LogP contribution is -2.31. The van der Waals surface area contributed by atoms with Gasteiger partial charge in [0.15, 0.2) is 0 Å². The quantitative estimate of drug-likeness (QED) is 0.0737. The van der Waals surface area contributed by atoms with Crippen molar-refractivity contribution in [3.63, 3.8) is 0 Å². The van der Waals surface area contributed by atoms with Gasteiger partial charge in [-0.25, -0.2) is 4.79 Å². The molecule has 0 saturated carbocycles. The van der Waals surface area contributed by atoms with Gasteiger partial charge in [0.1, 0.15) is 0 Å². The normalized spacial score (nSPS) is 12.3. The first-order valence-electron chi connectivity index (χ1n) is 19.3. The number of carbonyl (C=O) groups excluding carboxylic acids is 1. The van der Waals surface area contributed by atoms with Crippen LogP contribution in [-0.4, -0.2) is 44.2 Å². The topological polar surface area (TPSA) is 56.8 Å². The highest BCUT2D eigenvalue weighted by atomic mass is 16.5. The number of unbranched alkanes of at least 4 members (excludes halogenated alkanes) is 18. The summed E-state index contributed by atoms with van der Waals surface area (Å²) in [5, 5.41) is 3.10. The van der Waals surface area contributed by atoms with Crippen LogP contribution in [0.5, 0.6) is 0 Å². The van der Waals surface area contributed by atoms with Gasteiger partial charge in [-0.05, 0) is 65.7 Å². The summed E-state index contributed by atoms with van der Waals surface area (Å²) >= 11 is 0. The summed E-state index contributed by atoms with van der Waals surface area (Å²) in [6, 6.07) is 0. The number of carbonyl (C=O) groups is 1. The van der Waals surface area contributed by atoms with E-state index in [0.717, 1.165) is 25.8 Å². The molecule has 0 aromatic carbocycles. The van der Waals surface area contributed by atoms with E-state index in [9.17, 15) is 4.79 Å². The average molecular weight is 626 g/mol. The molecular weight excluding hydrogens is 546 g/mol. The maximum absolute atomic E-state index is 12.5. The summed E-state index contributed by atoms with van der Waals surface area (Å²) in [4.78, 5) is 12.5. The molecular formula is C39H79NO4. The summed E-state index contributed by atoms with van der Waals surface area (Å²) in [6.07, 6.45) is 32.1. The number of hydrogen-bond acceptors (Lipinski definition) is 4. The van der Waals surface area contributed by atoms with Crippen molar-refractivity contribution in [2.45, 2.75) is 213 Å². The van der Waals surface area contributed by atoms with Gasteiger partial charge in [0, 0.05) is 13.7 Å². The first kappa shape index (κ1) is 43.2. The van der Waals surface area contributed by atoms with Gasteiger partial charge in [-0.1, -0.05) is 142 Å². The van der Waals surface area contributed by atoms with Crippen LogP contribution in [0.2, 0.25) is 0 Å². The molecule has 1 N–H and O–H groups in total. The van der Waals surface area contributed by atoms with E-state index in [1.807, 2.05) is 0 Å². The molecule has 264 valence electrons. The zero-order valence-electron chi connectivity index (χ0n) is 31.0. The summed E-state index contributed by atoms with van der Waals surface area (Å²) in [5.41, 5.74) is -0.408. The van der Waals surface area contributed by atoms with Crippen molar-refractivity contribution in [2.24, 2.45) is 5.92 Å². The van der Waals surface area contributed by atoms with Crippen LogP contribution in [0.1, 0.15) is 202 Å². The molecule has 0 spiro atoms. The maximum Gasteiger partial charge on any atom is 0.407 e. The number of rotatable bonds is 33. The molecule has 5 heteroatoms. The molecule has 0 radical (unpaired) electrons. The van der Waals surface area contributed by atoms with Gasteiger partial charge in [0.2, 0.25) is 0 Å². The molecule has 0 heterocycles. The number of ether oxygens (including phenoxy) is 3. The third-order valence-corrected chi connectivity index (χ3v) is 9.37. The van der Waals surface area contributed by atoms with Crippen LogP contribution in [0.4, 0.5) is 4.79 Å². The number of methoxy groups -OCH3 is 1. The Morgan fingerprint density at radius 3 is 1.43 bits per heavy atom. The summed E-state index contributed by atoms with van der Waals surface area (Å²) in [7, 11) is 1.74. The Bertz CT molecular complexity index is 597. The zero-order valence-corrected chi connectivity index (χ0v) is 31.0. The Morgan fingerprint density at radius 1 is 0.568 bits per heavy atom. The standard InChI is InChI=1S/C39H79NO4/c1-8-10-12-14-16-18-20-22-24-26-29-36(30-27-25-23-21-19-17-15-13-11-9-2)35-40-37(41)43-33-28-31-39(5,6)44-34-32-38(3,4)42-7/h36H,8-35H2,1-7H3,(H,40,41). The molecule has 0 atom stereocenters. The van der Waals surface area contributed by atoms with Crippen LogP contribution >= 0.6 is 0 Å². The third kappa shape index (κ3) is 29.9. The molecule has 1 amide bonds. The molecule has 0 aromatic rings. The van der Waals surface area contributed by atoms with E-state index in [0.29, 0.717) is 19.1 Å². The van der Waals surface area contributed by atoms with Gasteiger partial charge in [0.05, 0.1) is 24.4 Å². The highest BCUT2D eigenvalue weighted by molar-refractivity contribution is 5.67. The lowest BCUT2D eigenvalue weighted by atomic mass is 9.94. The number of hydrogen-bond donors (Lipinski definition) is 1. The largest absolute Gasteiger partial charge is 0.450 e. The minimum Gasteiger partial charge on any atom is -0.450 e. The van der Waals surface area contributed by atoms with Crippen LogP contribution in [-0.2, 0) is 14.2 Å². The Balaban J connectivity index is 4.27. The molecule has 44 heavy (non-hydrogen) atoms. The first-order chi connectivity index (χ1) is 21.2. The van der Waals surface area contributed by atoms with Crippen molar-refractivity contribution < 1.29 is 19.0 Å². The zero-order chi connectivity index (χ0) is 32.8. The van der Waals surface area contributed by atoms with E-state index >= 15 is 0 Å². The van der Waals surface area contributed by atoms with E-state index in [-0.39, 0.29) is 17.3 Å². The van der Waals surface area contributed by atoms with E-state index in [4.69, 9.17) is 14.2 Å². The van der Waals surface area contributed by atoms with Crippen molar-refractivity contribution >= 4 is 6.09 Å². The van der Waals surface area contributed by atoms with E-state index in [1.165, 1.54) is 141 Å². The molecule has 0 aliphatic rings. The molecule has 0 fully saturated rings. The van der Waals surface area contributed by atoms with Crippen molar-refractivity contribution in [1.82, 2.24) is 5.32 Å². The Hall–Kier alpha value is -0.810. The van der Waals surface area contributed by atoms with E-state index in [2.05, 4.69) is 46.9 Å². The summed E-state index contributed by atoms with van der Waals surface area (Å²) in [5.74, 6) is 0.564. The van der Waals surface area contributed by atoms with Gasteiger partial charge in [-0.2, -0.15) is 0 Å². The SMILES string of the molecule is CCCCCCCCCCCCC(CCCCCCCCCCCC)CNC(=O)OCCCC(C)(C)OCCC(C)(C)OC. The lowest BCUT2D eigenvalue weighted by Gasteiger charge is -2.28. The van der Waals surface area contributed by atoms with Crippen LogP contribution in [0.3, 0.4) is 0 Å². The van der Waals surface area contributed by atoms with Crippen LogP contribution in [0.15, 0.2) is 0 Å². The molecule has 0 bridgehead atoms. The van der Waals surface area contributed by atoms with Crippen molar-refractivity contribution in [1.29, 1.82) is 0 Å². The predicted octanol–water partition coefficient (Wildman–Crippen LogP) is 12.3. The van der Waals surface area contributed by atoms with Gasteiger partial charge < -0.3 is 19.5 Å². The number of alkyl carbamates (subject to hydrolysis) is 1. The Labute approximate surface area is 276 Å². The maximum atomic E-state index is 12.5. The second-order valence-corrected chi connectivity index (χ2v) is 14.7.